The molecule has 1 aromatic carbocycles. The Labute approximate surface area is 161 Å². The van der Waals surface area contributed by atoms with Crippen molar-refractivity contribution in [2.24, 2.45) is 5.92 Å². The Bertz CT molecular complexity index is 810. The van der Waals surface area contributed by atoms with Gasteiger partial charge in [0.15, 0.2) is 0 Å². The van der Waals surface area contributed by atoms with Crippen LogP contribution in [0.15, 0.2) is 36.4 Å². The van der Waals surface area contributed by atoms with Gasteiger partial charge in [-0.05, 0) is 68.0 Å². The summed E-state index contributed by atoms with van der Waals surface area (Å²) in [6, 6.07) is 12.5. The van der Waals surface area contributed by atoms with E-state index in [-0.39, 0.29) is 12.0 Å². The Morgan fingerprint density at radius 1 is 1.04 bits per heavy atom. The molecule has 1 amide bonds. The molecule has 1 saturated carbocycles. The van der Waals surface area contributed by atoms with Gasteiger partial charge in [-0.1, -0.05) is 25.0 Å². The van der Waals surface area contributed by atoms with E-state index in [1.165, 1.54) is 12.8 Å². The molecule has 4 nitrogen and oxygen atoms in total. The fourth-order valence-electron chi connectivity index (χ4n) is 4.56. The van der Waals surface area contributed by atoms with Crippen LogP contribution in [0.25, 0.3) is 11.1 Å². The number of benzene rings is 1. The monoisotopic (exact) mass is 364 g/mol. The summed E-state index contributed by atoms with van der Waals surface area (Å²) in [4.78, 5) is 19.9. The van der Waals surface area contributed by atoms with Crippen molar-refractivity contribution in [1.29, 1.82) is 0 Å². The maximum atomic E-state index is 13.0. The molecule has 2 fully saturated rings. The van der Waals surface area contributed by atoms with Crippen molar-refractivity contribution >= 4 is 5.91 Å². The maximum absolute atomic E-state index is 13.0. The molecule has 142 valence electrons. The quantitative estimate of drug-likeness (QED) is 0.773. The number of methoxy groups -OCH3 is 1. The Hall–Kier alpha value is -2.36. The number of carbonyl (C=O) groups excluding carboxylic acids is 1. The summed E-state index contributed by atoms with van der Waals surface area (Å²) in [5.41, 5.74) is 4.33. The van der Waals surface area contributed by atoms with Crippen LogP contribution in [0.4, 0.5) is 0 Å². The Kier molecular flexibility index (Phi) is 5.15. The van der Waals surface area contributed by atoms with Crippen molar-refractivity contribution in [2.45, 2.75) is 51.5 Å². The largest absolute Gasteiger partial charge is 0.497 e. The van der Waals surface area contributed by atoms with Gasteiger partial charge in [-0.3, -0.25) is 9.78 Å². The van der Waals surface area contributed by atoms with E-state index in [4.69, 9.17) is 9.72 Å². The summed E-state index contributed by atoms with van der Waals surface area (Å²) in [6.07, 6.45) is 6.58. The van der Waals surface area contributed by atoms with Crippen molar-refractivity contribution in [2.75, 3.05) is 13.7 Å². The molecule has 0 N–H and O–H groups in total. The second kappa shape index (κ2) is 7.71. The molecule has 27 heavy (non-hydrogen) atoms. The van der Waals surface area contributed by atoms with E-state index in [0.717, 1.165) is 60.5 Å². The van der Waals surface area contributed by atoms with E-state index in [9.17, 15) is 4.79 Å². The molecule has 0 unspecified atom stereocenters. The zero-order chi connectivity index (χ0) is 18.8. The average Bonchev–Trinajstić information content (AvgIpc) is 3.39. The van der Waals surface area contributed by atoms with E-state index >= 15 is 0 Å². The molecule has 4 rings (SSSR count). The van der Waals surface area contributed by atoms with Crippen LogP contribution in [-0.2, 0) is 4.79 Å². The fourth-order valence-corrected chi connectivity index (χ4v) is 4.56. The summed E-state index contributed by atoms with van der Waals surface area (Å²) < 4.78 is 5.27. The van der Waals surface area contributed by atoms with E-state index in [1.54, 1.807) is 7.11 Å². The number of amides is 1. The van der Waals surface area contributed by atoms with Gasteiger partial charge in [0, 0.05) is 18.2 Å². The second-order valence-corrected chi connectivity index (χ2v) is 7.82. The van der Waals surface area contributed by atoms with Gasteiger partial charge in [-0.25, -0.2) is 0 Å². The number of aromatic nitrogens is 1. The van der Waals surface area contributed by atoms with Crippen molar-refractivity contribution in [3.63, 3.8) is 0 Å². The van der Waals surface area contributed by atoms with Crippen molar-refractivity contribution in [3.05, 3.63) is 47.8 Å². The van der Waals surface area contributed by atoms with Gasteiger partial charge in [0.1, 0.15) is 5.75 Å². The second-order valence-electron chi connectivity index (χ2n) is 7.82. The molecule has 1 atom stereocenters. The van der Waals surface area contributed by atoms with Gasteiger partial charge in [-0.2, -0.15) is 0 Å². The smallest absolute Gasteiger partial charge is 0.226 e. The predicted molar refractivity (Wildman–Crippen MR) is 107 cm³/mol. The van der Waals surface area contributed by atoms with Crippen molar-refractivity contribution < 1.29 is 9.53 Å². The van der Waals surface area contributed by atoms with Crippen LogP contribution in [0.1, 0.15) is 56.0 Å². The van der Waals surface area contributed by atoms with E-state index < -0.39 is 0 Å². The lowest BCUT2D eigenvalue weighted by Gasteiger charge is -2.27. The minimum Gasteiger partial charge on any atom is -0.497 e. The predicted octanol–water partition coefficient (Wildman–Crippen LogP) is 4.92. The molecule has 2 heterocycles. The summed E-state index contributed by atoms with van der Waals surface area (Å²) in [6.45, 7) is 2.90. The number of rotatable bonds is 4. The molecule has 2 aromatic rings. The van der Waals surface area contributed by atoms with E-state index in [0.29, 0.717) is 5.91 Å². The third-order valence-electron chi connectivity index (χ3n) is 5.98. The van der Waals surface area contributed by atoms with Gasteiger partial charge in [0.05, 0.1) is 18.8 Å². The molecule has 0 radical (unpaired) electrons. The number of ether oxygens (including phenoxy) is 1. The van der Waals surface area contributed by atoms with Gasteiger partial charge < -0.3 is 9.64 Å². The number of hydrogen-bond acceptors (Lipinski definition) is 3. The summed E-state index contributed by atoms with van der Waals surface area (Å²) >= 11 is 0. The highest BCUT2D eigenvalue weighted by Gasteiger charge is 2.35. The Morgan fingerprint density at radius 3 is 2.48 bits per heavy atom. The molecular weight excluding hydrogens is 336 g/mol. The van der Waals surface area contributed by atoms with Gasteiger partial charge >= 0.3 is 0 Å². The lowest BCUT2D eigenvalue weighted by Crippen LogP contribution is -2.35. The molecule has 1 aromatic heterocycles. The molecule has 2 aliphatic rings. The molecule has 0 spiro atoms. The minimum atomic E-state index is 0.120. The first kappa shape index (κ1) is 18.0. The third-order valence-corrected chi connectivity index (χ3v) is 5.98. The highest BCUT2D eigenvalue weighted by molar-refractivity contribution is 5.80. The van der Waals surface area contributed by atoms with Crippen molar-refractivity contribution in [1.82, 2.24) is 9.88 Å². The molecule has 1 saturated heterocycles. The van der Waals surface area contributed by atoms with E-state index in [2.05, 4.69) is 29.2 Å². The zero-order valence-electron chi connectivity index (χ0n) is 16.3. The minimum absolute atomic E-state index is 0.120. The first-order chi connectivity index (χ1) is 13.2. The average molecular weight is 364 g/mol. The molecule has 0 bridgehead atoms. The van der Waals surface area contributed by atoms with Crippen LogP contribution in [0.2, 0.25) is 0 Å². The van der Waals surface area contributed by atoms with Crippen LogP contribution >= 0.6 is 0 Å². The molecular formula is C23H28N2O2. The van der Waals surface area contributed by atoms with Crippen LogP contribution in [0.5, 0.6) is 5.75 Å². The van der Waals surface area contributed by atoms with Crippen LogP contribution in [0, 0.1) is 12.8 Å². The van der Waals surface area contributed by atoms with Crippen LogP contribution < -0.4 is 4.74 Å². The number of hydrogen-bond donors (Lipinski definition) is 0. The van der Waals surface area contributed by atoms with Gasteiger partial charge in [-0.15, -0.1) is 0 Å². The normalized spacial score (nSPS) is 20.2. The molecule has 4 heteroatoms. The summed E-state index contributed by atoms with van der Waals surface area (Å²) in [5, 5.41) is 0. The summed E-state index contributed by atoms with van der Waals surface area (Å²) in [7, 11) is 1.68. The lowest BCUT2D eigenvalue weighted by molar-refractivity contribution is -0.136. The zero-order valence-corrected chi connectivity index (χ0v) is 16.3. The number of carbonyl (C=O) groups is 1. The standard InChI is InChI=1S/C23H28N2O2/c1-16-14-19(17-9-11-20(27-2)12-10-17)15-21(24-16)22-8-5-13-25(22)23(26)18-6-3-4-7-18/h9-12,14-15,18,22H,3-8,13H2,1-2H3/t22-/m1/s1. The highest BCUT2D eigenvalue weighted by atomic mass is 16.5. The fraction of sp³-hybridized carbons (Fsp3) is 0.478. The molecule has 1 aliphatic carbocycles. The SMILES string of the molecule is COc1ccc(-c2cc(C)nc([C@H]3CCCN3C(=O)C3CCCC3)c2)cc1. The first-order valence-corrected chi connectivity index (χ1v) is 10.1. The first-order valence-electron chi connectivity index (χ1n) is 10.1. The van der Waals surface area contributed by atoms with Crippen molar-refractivity contribution in [3.8, 4) is 16.9 Å². The number of aryl methyl sites for hydroxylation is 1. The summed E-state index contributed by atoms with van der Waals surface area (Å²) in [5.74, 6) is 1.44. The van der Waals surface area contributed by atoms with Gasteiger partial charge in [0.25, 0.3) is 0 Å². The number of likely N-dealkylation sites (tertiary alicyclic amines) is 1. The maximum Gasteiger partial charge on any atom is 0.226 e. The third kappa shape index (κ3) is 3.71. The van der Waals surface area contributed by atoms with Gasteiger partial charge in [0.2, 0.25) is 5.91 Å². The molecule has 1 aliphatic heterocycles. The number of nitrogens with zero attached hydrogens (tertiary/aromatic N) is 2. The Balaban J connectivity index is 1.62. The number of pyridine rings is 1. The Morgan fingerprint density at radius 2 is 1.78 bits per heavy atom. The highest BCUT2D eigenvalue weighted by Crippen LogP contribution is 2.37. The lowest BCUT2D eigenvalue weighted by atomic mass is 10.0. The topological polar surface area (TPSA) is 42.4 Å². The van der Waals surface area contributed by atoms with Crippen LogP contribution in [-0.4, -0.2) is 29.4 Å². The van der Waals surface area contributed by atoms with E-state index in [1.807, 2.05) is 19.1 Å². The van der Waals surface area contributed by atoms with Crippen LogP contribution in [0.3, 0.4) is 0 Å².